The first-order valence-electron chi connectivity index (χ1n) is 6.68. The number of rotatable bonds is 2. The molecule has 0 bridgehead atoms. The lowest BCUT2D eigenvalue weighted by molar-refractivity contribution is -0.255. The van der Waals surface area contributed by atoms with Crippen molar-refractivity contribution in [2.45, 2.75) is 0 Å². The average molecular weight is 273 g/mol. The molecule has 0 aliphatic carbocycles. The summed E-state index contributed by atoms with van der Waals surface area (Å²) in [6, 6.07) is 5.01. The highest BCUT2D eigenvalue weighted by Gasteiger charge is 2.20. The largest absolute Gasteiger partial charge is 0.545 e. The van der Waals surface area contributed by atoms with E-state index < -0.39 is 5.97 Å². The van der Waals surface area contributed by atoms with Crippen molar-refractivity contribution in [2.75, 3.05) is 38.1 Å². The molecule has 0 unspecified atom stereocenters. The van der Waals surface area contributed by atoms with Gasteiger partial charge in [0.05, 0.1) is 11.5 Å². The molecular formula is C14H17N4O2-. The SMILES string of the molecule is CN1CCN(c2nn(C)c3ccc(C(=O)[O-])cc23)CC1. The molecule has 0 N–H and O–H groups in total. The van der Waals surface area contributed by atoms with Gasteiger partial charge in [0.1, 0.15) is 0 Å². The van der Waals surface area contributed by atoms with Gasteiger partial charge in [-0.15, -0.1) is 0 Å². The van der Waals surface area contributed by atoms with Gasteiger partial charge in [0, 0.05) is 38.6 Å². The molecule has 0 amide bonds. The first-order valence-corrected chi connectivity index (χ1v) is 6.68. The second kappa shape index (κ2) is 4.79. The first kappa shape index (κ1) is 12.9. The minimum Gasteiger partial charge on any atom is -0.545 e. The summed E-state index contributed by atoms with van der Waals surface area (Å²) in [6.45, 7) is 3.77. The summed E-state index contributed by atoms with van der Waals surface area (Å²) < 4.78 is 1.79. The van der Waals surface area contributed by atoms with E-state index in [2.05, 4.69) is 21.9 Å². The highest BCUT2D eigenvalue weighted by atomic mass is 16.4. The number of carboxylic acids is 1. The number of hydrogen-bond acceptors (Lipinski definition) is 5. The van der Waals surface area contributed by atoms with Crippen molar-refractivity contribution in [2.24, 2.45) is 7.05 Å². The van der Waals surface area contributed by atoms with E-state index in [9.17, 15) is 9.90 Å². The molecule has 3 rings (SSSR count). The maximum absolute atomic E-state index is 11.0. The van der Waals surface area contributed by atoms with Gasteiger partial charge in [0.15, 0.2) is 5.82 Å². The zero-order valence-electron chi connectivity index (χ0n) is 11.7. The Morgan fingerprint density at radius 1 is 1.20 bits per heavy atom. The van der Waals surface area contributed by atoms with Crippen LogP contribution in [0.3, 0.4) is 0 Å². The maximum Gasteiger partial charge on any atom is 0.158 e. The predicted octanol–water partition coefficient (Wildman–Crippen LogP) is -0.311. The Kier molecular flexibility index (Phi) is 3.10. The summed E-state index contributed by atoms with van der Waals surface area (Å²) in [5.74, 6) is -0.293. The summed E-state index contributed by atoms with van der Waals surface area (Å²) in [4.78, 5) is 15.5. The highest BCUT2D eigenvalue weighted by Crippen LogP contribution is 2.27. The Morgan fingerprint density at radius 2 is 1.90 bits per heavy atom. The van der Waals surface area contributed by atoms with E-state index in [4.69, 9.17) is 0 Å². The number of aromatic carboxylic acids is 1. The van der Waals surface area contributed by atoms with Gasteiger partial charge in [0.25, 0.3) is 0 Å². The minimum absolute atomic E-state index is 0.195. The van der Waals surface area contributed by atoms with Crippen LogP contribution in [0.2, 0.25) is 0 Å². The summed E-state index contributed by atoms with van der Waals surface area (Å²) in [6.07, 6.45) is 0. The van der Waals surface area contributed by atoms with Crippen LogP contribution in [0.1, 0.15) is 10.4 Å². The third-order valence-corrected chi connectivity index (χ3v) is 3.87. The summed E-state index contributed by atoms with van der Waals surface area (Å²) in [5.41, 5.74) is 1.13. The first-order chi connectivity index (χ1) is 9.56. The Labute approximate surface area is 117 Å². The number of piperazine rings is 1. The fourth-order valence-electron chi connectivity index (χ4n) is 2.63. The quantitative estimate of drug-likeness (QED) is 0.751. The van der Waals surface area contributed by atoms with E-state index >= 15 is 0 Å². The standard InChI is InChI=1S/C14H18N4O2/c1-16-5-7-18(8-6-16)13-11-9-10(14(19)20)3-4-12(11)17(2)15-13/h3-4,9H,5-8H2,1-2H3,(H,19,20)/p-1. The maximum atomic E-state index is 11.0. The Balaban J connectivity index is 2.05. The van der Waals surface area contributed by atoms with Gasteiger partial charge < -0.3 is 19.7 Å². The number of aromatic nitrogens is 2. The van der Waals surface area contributed by atoms with Crippen LogP contribution in [0.15, 0.2) is 18.2 Å². The van der Waals surface area contributed by atoms with Crippen LogP contribution in [-0.2, 0) is 7.05 Å². The van der Waals surface area contributed by atoms with Gasteiger partial charge >= 0.3 is 0 Å². The van der Waals surface area contributed by atoms with Crippen LogP contribution >= 0.6 is 0 Å². The molecule has 2 heterocycles. The van der Waals surface area contributed by atoms with Crippen LogP contribution in [0.25, 0.3) is 10.9 Å². The highest BCUT2D eigenvalue weighted by molar-refractivity contribution is 5.97. The van der Waals surface area contributed by atoms with E-state index in [1.807, 2.05) is 7.05 Å². The van der Waals surface area contributed by atoms with Gasteiger partial charge in [-0.1, -0.05) is 6.07 Å². The van der Waals surface area contributed by atoms with E-state index in [1.54, 1.807) is 22.9 Å². The van der Waals surface area contributed by atoms with Crippen molar-refractivity contribution in [3.63, 3.8) is 0 Å². The minimum atomic E-state index is -1.15. The number of likely N-dealkylation sites (N-methyl/N-ethyl adjacent to an activating group) is 1. The van der Waals surface area contributed by atoms with Crippen LogP contribution in [0, 0.1) is 0 Å². The van der Waals surface area contributed by atoms with Crippen LogP contribution in [-0.4, -0.2) is 53.9 Å². The fraction of sp³-hybridized carbons (Fsp3) is 0.429. The van der Waals surface area contributed by atoms with Crippen molar-refractivity contribution in [3.05, 3.63) is 23.8 Å². The number of carboxylic acid groups (broad SMARTS) is 1. The molecule has 6 nitrogen and oxygen atoms in total. The second-order valence-corrected chi connectivity index (χ2v) is 5.26. The van der Waals surface area contributed by atoms with Crippen LogP contribution in [0.5, 0.6) is 0 Å². The van der Waals surface area contributed by atoms with Gasteiger partial charge in [-0.05, 0) is 24.7 Å². The van der Waals surface area contributed by atoms with E-state index in [0.29, 0.717) is 0 Å². The second-order valence-electron chi connectivity index (χ2n) is 5.26. The predicted molar refractivity (Wildman–Crippen MR) is 74.8 cm³/mol. The zero-order valence-corrected chi connectivity index (χ0v) is 11.7. The molecule has 0 radical (unpaired) electrons. The lowest BCUT2D eigenvalue weighted by Crippen LogP contribution is -2.44. The van der Waals surface area contributed by atoms with E-state index in [0.717, 1.165) is 42.9 Å². The Bertz CT molecular complexity index is 656. The van der Waals surface area contributed by atoms with Crippen molar-refractivity contribution >= 4 is 22.7 Å². The summed E-state index contributed by atoms with van der Waals surface area (Å²) in [7, 11) is 3.97. The Hall–Kier alpha value is -2.08. The normalized spacial score (nSPS) is 16.8. The van der Waals surface area contributed by atoms with Gasteiger partial charge in [-0.3, -0.25) is 4.68 Å². The average Bonchev–Trinajstić information content (AvgIpc) is 2.76. The van der Waals surface area contributed by atoms with Crippen molar-refractivity contribution in [3.8, 4) is 0 Å². The fourth-order valence-corrected chi connectivity index (χ4v) is 2.63. The number of aryl methyl sites for hydroxylation is 1. The molecule has 6 heteroatoms. The number of benzene rings is 1. The monoisotopic (exact) mass is 273 g/mol. The molecule has 20 heavy (non-hydrogen) atoms. The number of carbonyl (C=O) groups excluding carboxylic acids is 1. The van der Waals surface area contributed by atoms with Gasteiger partial charge in [-0.2, -0.15) is 5.10 Å². The molecule has 1 aliphatic heterocycles. The lowest BCUT2D eigenvalue weighted by Gasteiger charge is -2.32. The van der Waals surface area contributed by atoms with E-state index in [-0.39, 0.29) is 5.56 Å². The number of nitrogens with zero attached hydrogens (tertiary/aromatic N) is 4. The molecular weight excluding hydrogens is 256 g/mol. The zero-order chi connectivity index (χ0) is 14.3. The molecule has 106 valence electrons. The van der Waals surface area contributed by atoms with Crippen LogP contribution < -0.4 is 10.0 Å². The lowest BCUT2D eigenvalue weighted by atomic mass is 10.1. The van der Waals surface area contributed by atoms with Gasteiger partial charge in [0.2, 0.25) is 0 Å². The van der Waals surface area contributed by atoms with Gasteiger partial charge in [-0.25, -0.2) is 0 Å². The molecule has 1 aromatic carbocycles. The van der Waals surface area contributed by atoms with Crippen molar-refractivity contribution in [1.29, 1.82) is 0 Å². The van der Waals surface area contributed by atoms with Crippen LogP contribution in [0.4, 0.5) is 5.82 Å². The van der Waals surface area contributed by atoms with E-state index in [1.165, 1.54) is 0 Å². The topological polar surface area (TPSA) is 64.4 Å². The number of carbonyl (C=O) groups is 1. The third-order valence-electron chi connectivity index (χ3n) is 3.87. The van der Waals surface area contributed by atoms with Crippen molar-refractivity contribution < 1.29 is 9.90 Å². The third kappa shape index (κ3) is 2.12. The summed E-state index contributed by atoms with van der Waals surface area (Å²) in [5, 5.41) is 16.4. The molecule has 0 spiro atoms. The number of anilines is 1. The molecule has 0 saturated carbocycles. The number of fused-ring (bicyclic) bond motifs is 1. The molecule has 1 saturated heterocycles. The van der Waals surface area contributed by atoms with Crippen molar-refractivity contribution in [1.82, 2.24) is 14.7 Å². The molecule has 1 fully saturated rings. The smallest absolute Gasteiger partial charge is 0.158 e. The molecule has 2 aromatic rings. The Morgan fingerprint density at radius 3 is 2.55 bits per heavy atom. The molecule has 1 aliphatic rings. The molecule has 0 atom stereocenters. The molecule has 1 aromatic heterocycles. The summed E-state index contributed by atoms with van der Waals surface area (Å²) >= 11 is 0. The number of hydrogen-bond donors (Lipinski definition) is 0.